The molecule has 0 aliphatic rings. The highest BCUT2D eigenvalue weighted by molar-refractivity contribution is 5.63. The van der Waals surface area contributed by atoms with Crippen molar-refractivity contribution in [2.75, 3.05) is 0 Å². The number of nitrogens with zero attached hydrogens (tertiary/aromatic N) is 5. The van der Waals surface area contributed by atoms with Crippen molar-refractivity contribution in [3.63, 3.8) is 0 Å². The Balaban J connectivity index is 2.51. The molecule has 0 aliphatic carbocycles. The molecule has 25 heavy (non-hydrogen) atoms. The van der Waals surface area contributed by atoms with Gasteiger partial charge in [-0.25, -0.2) is 5.32 Å². The van der Waals surface area contributed by atoms with Crippen molar-refractivity contribution in [3.8, 4) is 0 Å². The van der Waals surface area contributed by atoms with Crippen LogP contribution in [0.4, 0.5) is 34.1 Å². The molecule has 127 valence electrons. The largest absolute Gasteiger partial charge is 0.278 e. The molecule has 0 amide bonds. The molecule has 13 heteroatoms. The molecule has 2 rings (SSSR count). The lowest BCUT2D eigenvalue weighted by atomic mass is 10.2. The molecule has 0 saturated heterocycles. The molecule has 0 fully saturated rings. The Bertz CT molecular complexity index is 774. The zero-order chi connectivity index (χ0) is 18.7. The molecular weight excluding hydrogens is 342 g/mol. The van der Waals surface area contributed by atoms with E-state index in [4.69, 9.17) is 0 Å². The van der Waals surface area contributed by atoms with Crippen molar-refractivity contribution in [1.29, 1.82) is 0 Å². The van der Waals surface area contributed by atoms with Crippen LogP contribution in [0.5, 0.6) is 0 Å². The van der Waals surface area contributed by atoms with E-state index < -0.39 is 42.4 Å². The summed E-state index contributed by atoms with van der Waals surface area (Å²) >= 11 is 0. The van der Waals surface area contributed by atoms with Gasteiger partial charge in [-0.05, 0) is 0 Å². The lowest BCUT2D eigenvalue weighted by Gasteiger charge is -2.04. The Labute approximate surface area is 137 Å². The van der Waals surface area contributed by atoms with E-state index in [1.165, 1.54) is 0 Å². The zero-order valence-electron chi connectivity index (χ0n) is 12.0. The predicted molar refractivity (Wildman–Crippen MR) is 81.0 cm³/mol. The summed E-state index contributed by atoms with van der Waals surface area (Å²) < 4.78 is 0. The first-order chi connectivity index (χ1) is 11.7. The molecule has 2 aromatic rings. The van der Waals surface area contributed by atoms with E-state index in [1.54, 1.807) is 0 Å². The van der Waals surface area contributed by atoms with Crippen LogP contribution >= 0.6 is 0 Å². The van der Waals surface area contributed by atoms with Gasteiger partial charge in [0.25, 0.3) is 22.7 Å². The molecule has 0 spiro atoms. The highest BCUT2D eigenvalue weighted by Crippen LogP contribution is 2.31. The highest BCUT2D eigenvalue weighted by atomic mass is 16.6. The van der Waals surface area contributed by atoms with Crippen LogP contribution in [0.25, 0.3) is 0 Å². The number of hydrogen-bond acceptors (Lipinski definition) is 8. The van der Waals surface area contributed by atoms with Gasteiger partial charge in [-0.15, -0.1) is 0 Å². The van der Waals surface area contributed by atoms with Gasteiger partial charge in [-0.3, -0.25) is 40.5 Å². The highest BCUT2D eigenvalue weighted by Gasteiger charge is 2.20. The number of rotatable bonds is 6. The fourth-order valence-corrected chi connectivity index (χ4v) is 1.86. The summed E-state index contributed by atoms with van der Waals surface area (Å²) in [6, 6.07) is 5.04. The Hall–Kier alpha value is -4.16. The summed E-state index contributed by atoms with van der Waals surface area (Å²) in [6.45, 7) is 0. The lowest BCUT2D eigenvalue weighted by Crippen LogP contribution is -1.98. The standard InChI is InChI=1S/C12H6N5O8/c18-14(19)9-1-7(2-10(5-9)15(20)21)13-8-3-11(16(22)23)6-12(4-8)17(24)25/h1-6H. The Morgan fingerprint density at radius 1 is 0.520 bits per heavy atom. The van der Waals surface area contributed by atoms with Gasteiger partial charge in [0.2, 0.25) is 0 Å². The SMILES string of the molecule is O=[N+]([O-])c1cc([N]c2cc([N+](=O)[O-])cc([N+](=O)[O-])c2)cc([N+](=O)[O-])c1. The quantitative estimate of drug-likeness (QED) is 0.562. The second-order valence-corrected chi connectivity index (χ2v) is 4.56. The second kappa shape index (κ2) is 6.53. The van der Waals surface area contributed by atoms with Crippen molar-refractivity contribution in [1.82, 2.24) is 5.32 Å². The molecule has 0 saturated carbocycles. The maximum Gasteiger partial charge on any atom is 0.278 e. The monoisotopic (exact) mass is 348 g/mol. The molecule has 13 nitrogen and oxygen atoms in total. The van der Waals surface area contributed by atoms with Crippen LogP contribution in [-0.4, -0.2) is 19.7 Å². The zero-order valence-corrected chi connectivity index (χ0v) is 12.0. The first kappa shape index (κ1) is 17.2. The van der Waals surface area contributed by atoms with Gasteiger partial charge >= 0.3 is 0 Å². The lowest BCUT2D eigenvalue weighted by molar-refractivity contribution is -0.394. The second-order valence-electron chi connectivity index (χ2n) is 4.56. The number of nitro groups is 4. The van der Waals surface area contributed by atoms with Crippen LogP contribution in [0.3, 0.4) is 0 Å². The topological polar surface area (TPSA) is 187 Å². The van der Waals surface area contributed by atoms with Gasteiger partial charge in [-0.2, -0.15) is 0 Å². The molecular formula is C12H6N5O8. The molecule has 0 heterocycles. The van der Waals surface area contributed by atoms with Gasteiger partial charge in [0.1, 0.15) is 0 Å². The molecule has 0 bridgehead atoms. The smallest absolute Gasteiger partial charge is 0.258 e. The maximum absolute atomic E-state index is 10.8. The number of hydrogen-bond donors (Lipinski definition) is 0. The maximum atomic E-state index is 10.8. The normalized spacial score (nSPS) is 10.1. The van der Waals surface area contributed by atoms with Crippen molar-refractivity contribution in [3.05, 3.63) is 76.9 Å². The van der Waals surface area contributed by atoms with Crippen LogP contribution in [0, 0.1) is 40.5 Å². The molecule has 0 aromatic heterocycles. The third-order valence-electron chi connectivity index (χ3n) is 2.88. The summed E-state index contributed by atoms with van der Waals surface area (Å²) in [5, 5.41) is 47.1. The van der Waals surface area contributed by atoms with Gasteiger partial charge in [-0.1, -0.05) is 0 Å². The molecule has 1 radical (unpaired) electrons. The predicted octanol–water partition coefficient (Wildman–Crippen LogP) is 2.89. The molecule has 0 aliphatic heterocycles. The van der Waals surface area contributed by atoms with Crippen molar-refractivity contribution in [2.45, 2.75) is 0 Å². The van der Waals surface area contributed by atoms with E-state index in [0.29, 0.717) is 0 Å². The average Bonchev–Trinajstić information content (AvgIpc) is 2.53. The number of non-ortho nitro benzene ring substituents is 4. The van der Waals surface area contributed by atoms with E-state index in [-0.39, 0.29) is 11.4 Å². The van der Waals surface area contributed by atoms with E-state index in [2.05, 4.69) is 5.32 Å². The summed E-state index contributed by atoms with van der Waals surface area (Å²) in [4.78, 5) is 39.8. The third kappa shape index (κ3) is 3.98. The van der Waals surface area contributed by atoms with Gasteiger partial charge < -0.3 is 0 Å². The number of benzene rings is 2. The summed E-state index contributed by atoms with van der Waals surface area (Å²) in [5.41, 5.74) is -2.98. The Kier molecular flexibility index (Phi) is 4.49. The average molecular weight is 348 g/mol. The minimum atomic E-state index is -0.873. The van der Waals surface area contributed by atoms with Crippen molar-refractivity contribution in [2.24, 2.45) is 0 Å². The van der Waals surface area contributed by atoms with Crippen LogP contribution in [0.2, 0.25) is 0 Å². The van der Waals surface area contributed by atoms with Crippen molar-refractivity contribution >= 4 is 34.1 Å². The van der Waals surface area contributed by atoms with Crippen molar-refractivity contribution < 1.29 is 19.7 Å². The van der Waals surface area contributed by atoms with Crippen LogP contribution < -0.4 is 5.32 Å². The van der Waals surface area contributed by atoms with Gasteiger partial charge in [0.05, 0.1) is 43.2 Å². The Morgan fingerprint density at radius 3 is 0.960 bits per heavy atom. The first-order valence-corrected chi connectivity index (χ1v) is 6.27. The fourth-order valence-electron chi connectivity index (χ4n) is 1.86. The van der Waals surface area contributed by atoms with Gasteiger partial charge in [0, 0.05) is 24.3 Å². The van der Waals surface area contributed by atoms with E-state index in [0.717, 1.165) is 36.4 Å². The summed E-state index contributed by atoms with van der Waals surface area (Å²) in [6.07, 6.45) is 0. The Morgan fingerprint density at radius 2 is 0.760 bits per heavy atom. The van der Waals surface area contributed by atoms with E-state index in [1.807, 2.05) is 0 Å². The van der Waals surface area contributed by atoms with Crippen LogP contribution in [0.15, 0.2) is 36.4 Å². The molecule has 0 unspecified atom stereocenters. The van der Waals surface area contributed by atoms with E-state index in [9.17, 15) is 40.5 Å². The van der Waals surface area contributed by atoms with Crippen LogP contribution in [-0.2, 0) is 0 Å². The van der Waals surface area contributed by atoms with Crippen LogP contribution in [0.1, 0.15) is 0 Å². The molecule has 2 aromatic carbocycles. The third-order valence-corrected chi connectivity index (χ3v) is 2.88. The molecule has 0 atom stereocenters. The first-order valence-electron chi connectivity index (χ1n) is 6.27. The van der Waals surface area contributed by atoms with E-state index >= 15 is 0 Å². The summed E-state index contributed by atoms with van der Waals surface area (Å²) in [7, 11) is 0. The fraction of sp³-hybridized carbons (Fsp3) is 0. The van der Waals surface area contributed by atoms with Gasteiger partial charge in [0.15, 0.2) is 0 Å². The minimum absolute atomic E-state index is 0.254. The molecule has 0 N–H and O–H groups in total. The minimum Gasteiger partial charge on any atom is -0.258 e. The number of nitro benzene ring substituents is 4. The summed E-state index contributed by atoms with van der Waals surface area (Å²) in [5.74, 6) is 0.